The summed E-state index contributed by atoms with van der Waals surface area (Å²) in [5.41, 5.74) is 0. The van der Waals surface area contributed by atoms with Gasteiger partial charge >= 0.3 is 119 Å². The molecule has 0 atom stereocenters. The molecule has 0 unspecified atom stereocenters. The normalized spacial score (nSPS) is 13.0. The molecule has 0 radical (unpaired) electrons. The standard InChI is InChI=1S/C12H29PS3/c1-2-3-4-5-6-7-8-9-10-11-12-13(14,15)16/h13-16H,2-12H2,1H3. The number of unbranched alkanes of at least 4 members (excludes halogenated alkanes) is 9. The van der Waals surface area contributed by atoms with E-state index in [2.05, 4.69) is 43.7 Å². The Morgan fingerprint density at radius 3 is 1.38 bits per heavy atom. The van der Waals surface area contributed by atoms with Crippen LogP contribution in [0.25, 0.3) is 0 Å². The van der Waals surface area contributed by atoms with Gasteiger partial charge in [-0.15, -0.1) is 0 Å². The van der Waals surface area contributed by atoms with Crippen LogP contribution in [-0.4, -0.2) is 6.16 Å². The zero-order chi connectivity index (χ0) is 12.3. The molecule has 0 rings (SSSR count). The van der Waals surface area contributed by atoms with Crippen molar-refractivity contribution >= 4 is 41.6 Å². The van der Waals surface area contributed by atoms with E-state index in [4.69, 9.17) is 0 Å². The van der Waals surface area contributed by atoms with Crippen molar-refractivity contribution in [3.8, 4) is 0 Å². The monoisotopic (exact) mass is 300 g/mol. The maximum absolute atomic E-state index is 4.41. The minimum absolute atomic E-state index is 1.12. The second kappa shape index (κ2) is 11.6. The third-order valence-corrected chi connectivity index (χ3v) is 5.90. The van der Waals surface area contributed by atoms with Gasteiger partial charge in [-0.3, -0.25) is 0 Å². The fraction of sp³-hybridized carbons (Fsp3) is 1.00. The molecule has 0 bridgehead atoms. The van der Waals surface area contributed by atoms with Crippen LogP contribution in [0.3, 0.4) is 0 Å². The van der Waals surface area contributed by atoms with Gasteiger partial charge < -0.3 is 0 Å². The fourth-order valence-electron chi connectivity index (χ4n) is 1.85. The Balaban J connectivity index is 2.99. The predicted molar refractivity (Wildman–Crippen MR) is 92.0 cm³/mol. The quantitative estimate of drug-likeness (QED) is 0.226. The Labute approximate surface area is 119 Å². The maximum atomic E-state index is 4.41. The summed E-state index contributed by atoms with van der Waals surface area (Å²) in [7, 11) is 0. The Hall–Kier alpha value is 1.48. The molecule has 0 spiro atoms. The second-order valence-corrected chi connectivity index (χ2v) is 16.8. The Bertz CT molecular complexity index is 146. The first-order valence-corrected chi connectivity index (χ1v) is 12.8. The number of hydrogen-bond donors (Lipinski definition) is 3. The van der Waals surface area contributed by atoms with E-state index in [9.17, 15) is 0 Å². The van der Waals surface area contributed by atoms with Crippen molar-refractivity contribution in [1.29, 1.82) is 0 Å². The number of thiol groups is 3. The molecule has 0 aliphatic rings. The molecule has 0 nitrogen and oxygen atoms in total. The van der Waals surface area contributed by atoms with Crippen LogP contribution in [0.2, 0.25) is 0 Å². The summed E-state index contributed by atoms with van der Waals surface area (Å²) < 4.78 is 0. The molecular weight excluding hydrogens is 271 g/mol. The van der Waals surface area contributed by atoms with E-state index in [0.29, 0.717) is 0 Å². The topological polar surface area (TPSA) is 0 Å². The summed E-state index contributed by atoms with van der Waals surface area (Å²) in [6.07, 6.45) is 15.0. The van der Waals surface area contributed by atoms with Crippen LogP contribution in [0, 0.1) is 0 Å². The molecule has 0 aliphatic carbocycles. The number of hydrogen-bond acceptors (Lipinski definition) is 3. The fourth-order valence-corrected chi connectivity index (χ4v) is 4.00. The van der Waals surface area contributed by atoms with E-state index >= 15 is 0 Å². The van der Waals surface area contributed by atoms with Gasteiger partial charge in [0.15, 0.2) is 0 Å². The predicted octanol–water partition coefficient (Wildman–Crippen LogP) is 6.19. The molecule has 0 aromatic carbocycles. The van der Waals surface area contributed by atoms with E-state index < -0.39 is 4.87 Å². The molecule has 0 aliphatic heterocycles. The van der Waals surface area contributed by atoms with Crippen molar-refractivity contribution in [2.75, 3.05) is 6.16 Å². The van der Waals surface area contributed by atoms with Crippen molar-refractivity contribution in [3.63, 3.8) is 0 Å². The third kappa shape index (κ3) is 15.5. The molecule has 0 heterocycles. The summed E-state index contributed by atoms with van der Waals surface area (Å²) in [5, 5.41) is 0. The Morgan fingerprint density at radius 1 is 0.625 bits per heavy atom. The van der Waals surface area contributed by atoms with Gasteiger partial charge in [0.1, 0.15) is 0 Å². The number of rotatable bonds is 11. The van der Waals surface area contributed by atoms with Crippen LogP contribution in [-0.2, 0) is 0 Å². The Kier molecular flexibility index (Phi) is 12.6. The van der Waals surface area contributed by atoms with Crippen molar-refractivity contribution in [3.05, 3.63) is 0 Å². The third-order valence-electron chi connectivity index (χ3n) is 2.87. The molecule has 0 N–H and O–H groups in total. The summed E-state index contributed by atoms with van der Waals surface area (Å²) in [6.45, 7) is 2.27. The van der Waals surface area contributed by atoms with Crippen LogP contribution in [0.1, 0.15) is 71.1 Å². The summed E-state index contributed by atoms with van der Waals surface area (Å²) in [4.78, 5) is -1.66. The van der Waals surface area contributed by atoms with E-state index in [1.165, 1.54) is 64.2 Å². The first-order valence-electron chi connectivity index (χ1n) is 6.73. The molecule has 16 heavy (non-hydrogen) atoms. The van der Waals surface area contributed by atoms with Crippen LogP contribution in [0.4, 0.5) is 0 Å². The SMILES string of the molecule is CCCCCCCCCCCC[PH](S)(S)S. The van der Waals surface area contributed by atoms with Gasteiger partial charge in [0.05, 0.1) is 0 Å². The molecule has 100 valence electrons. The zero-order valence-electron chi connectivity index (χ0n) is 10.6. The summed E-state index contributed by atoms with van der Waals surface area (Å²) in [6, 6.07) is 0. The van der Waals surface area contributed by atoms with Crippen LogP contribution >= 0.6 is 41.6 Å². The van der Waals surface area contributed by atoms with Crippen molar-refractivity contribution in [2.45, 2.75) is 71.1 Å². The van der Waals surface area contributed by atoms with E-state index in [0.717, 1.165) is 6.16 Å². The molecule has 0 fully saturated rings. The summed E-state index contributed by atoms with van der Waals surface area (Å²) in [5.74, 6) is 0. The van der Waals surface area contributed by atoms with Crippen molar-refractivity contribution < 1.29 is 0 Å². The molecule has 0 aromatic rings. The van der Waals surface area contributed by atoms with Crippen LogP contribution < -0.4 is 0 Å². The molecule has 0 saturated carbocycles. The van der Waals surface area contributed by atoms with Gasteiger partial charge in [0.25, 0.3) is 0 Å². The average molecular weight is 301 g/mol. The van der Waals surface area contributed by atoms with Crippen molar-refractivity contribution in [2.24, 2.45) is 0 Å². The van der Waals surface area contributed by atoms with Gasteiger partial charge in [-0.1, -0.05) is 0 Å². The van der Waals surface area contributed by atoms with Crippen molar-refractivity contribution in [1.82, 2.24) is 0 Å². The first-order chi connectivity index (χ1) is 7.56. The minimum atomic E-state index is -1.66. The van der Waals surface area contributed by atoms with Gasteiger partial charge in [-0.2, -0.15) is 0 Å². The molecular formula is C12H29PS3. The van der Waals surface area contributed by atoms with E-state index in [1.54, 1.807) is 0 Å². The van der Waals surface area contributed by atoms with Gasteiger partial charge in [-0.25, -0.2) is 0 Å². The second-order valence-electron chi connectivity index (χ2n) is 4.71. The Morgan fingerprint density at radius 2 is 1.00 bits per heavy atom. The van der Waals surface area contributed by atoms with Gasteiger partial charge in [0, 0.05) is 0 Å². The molecule has 0 saturated heterocycles. The van der Waals surface area contributed by atoms with Crippen LogP contribution in [0.15, 0.2) is 0 Å². The van der Waals surface area contributed by atoms with Gasteiger partial charge in [0.2, 0.25) is 0 Å². The van der Waals surface area contributed by atoms with E-state index in [1.807, 2.05) is 0 Å². The summed E-state index contributed by atoms with van der Waals surface area (Å²) >= 11 is 13.2. The average Bonchev–Trinajstić information content (AvgIpc) is 2.19. The van der Waals surface area contributed by atoms with Gasteiger partial charge in [-0.05, 0) is 0 Å². The van der Waals surface area contributed by atoms with E-state index in [-0.39, 0.29) is 0 Å². The molecule has 0 amide bonds. The molecule has 4 heteroatoms. The molecule has 0 aromatic heterocycles. The zero-order valence-corrected chi connectivity index (χ0v) is 14.3. The van der Waals surface area contributed by atoms with Crippen LogP contribution in [0.5, 0.6) is 0 Å². The first kappa shape index (κ1) is 17.5.